The maximum atomic E-state index is 10.7. The molecule has 1 aromatic rings. The van der Waals surface area contributed by atoms with E-state index in [2.05, 4.69) is 51.4 Å². The second-order valence-electron chi connectivity index (χ2n) is 5.78. The number of hydrogen-bond donors (Lipinski definition) is 0. The van der Waals surface area contributed by atoms with Crippen molar-refractivity contribution in [3.8, 4) is 6.07 Å². The van der Waals surface area contributed by atoms with Crippen molar-refractivity contribution in [3.63, 3.8) is 0 Å². The molecule has 1 aliphatic rings. The van der Waals surface area contributed by atoms with Gasteiger partial charge in [0.05, 0.1) is 14.1 Å². The first-order chi connectivity index (χ1) is 10.3. The lowest BCUT2D eigenvalue weighted by Crippen LogP contribution is -2.70. The average Bonchev–Trinajstić information content (AvgIpc) is 2.43. The van der Waals surface area contributed by atoms with Crippen LogP contribution in [0, 0.1) is 11.3 Å². The molecule has 0 unspecified atom stereocenters. The van der Waals surface area contributed by atoms with Crippen molar-refractivity contribution in [2.45, 2.75) is 30.4 Å². The number of alkyl halides is 3. The van der Waals surface area contributed by atoms with Crippen LogP contribution in [-0.2, 0) is 10.1 Å². The molecule has 23 heavy (non-hydrogen) atoms. The van der Waals surface area contributed by atoms with Crippen molar-refractivity contribution in [1.82, 2.24) is 0 Å². The summed E-state index contributed by atoms with van der Waals surface area (Å²) < 4.78 is 59.7. The second-order valence-corrected chi connectivity index (χ2v) is 7.15. The maximum absolute atomic E-state index is 10.7. The molecule has 0 spiro atoms. The van der Waals surface area contributed by atoms with Gasteiger partial charge >= 0.3 is 5.51 Å². The van der Waals surface area contributed by atoms with Gasteiger partial charge in [0.1, 0.15) is 18.0 Å². The van der Waals surface area contributed by atoms with Crippen LogP contribution in [0.1, 0.15) is 18.4 Å². The van der Waals surface area contributed by atoms with Crippen LogP contribution in [0.5, 0.6) is 0 Å². The molecule has 128 valence electrons. The van der Waals surface area contributed by atoms with Crippen LogP contribution >= 0.6 is 0 Å². The molecule has 1 fully saturated rings. The number of hydrogen-bond acceptors (Lipinski definition) is 4. The molecular weight excluding hydrogens is 333 g/mol. The summed E-state index contributed by atoms with van der Waals surface area (Å²) in [5.41, 5.74) is -4.35. The van der Waals surface area contributed by atoms with Gasteiger partial charge in [0.2, 0.25) is 0 Å². The Labute approximate surface area is 133 Å². The zero-order valence-corrected chi connectivity index (χ0v) is 13.6. The second kappa shape index (κ2) is 6.47. The highest BCUT2D eigenvalue weighted by Crippen LogP contribution is 2.43. The fourth-order valence-electron chi connectivity index (χ4n) is 2.61. The van der Waals surface area contributed by atoms with E-state index < -0.39 is 15.6 Å². The first-order valence-electron chi connectivity index (χ1n) is 6.64. The Balaban J connectivity index is 0.000000284. The maximum Gasteiger partial charge on any atom is 0.485 e. The summed E-state index contributed by atoms with van der Waals surface area (Å²) in [4.78, 5) is 0. The van der Waals surface area contributed by atoms with Gasteiger partial charge in [-0.25, -0.2) is 8.42 Å². The van der Waals surface area contributed by atoms with Gasteiger partial charge in [0, 0.05) is 0 Å². The Morgan fingerprint density at radius 2 is 1.65 bits per heavy atom. The topological polar surface area (TPSA) is 81.0 Å². The average molecular weight is 350 g/mol. The zero-order chi connectivity index (χ0) is 18.1. The van der Waals surface area contributed by atoms with E-state index in [0.717, 1.165) is 4.48 Å². The summed E-state index contributed by atoms with van der Waals surface area (Å²) in [6.07, 6.45) is 0. The van der Waals surface area contributed by atoms with Crippen molar-refractivity contribution in [2.24, 2.45) is 0 Å². The fraction of sp³-hybridized carbons (Fsp3) is 0.500. The zero-order valence-electron chi connectivity index (χ0n) is 12.8. The van der Waals surface area contributed by atoms with Crippen LogP contribution in [0.25, 0.3) is 0 Å². The number of likely N-dealkylation sites (N-methyl/N-ethyl adjacent to an activating group) is 1. The lowest BCUT2D eigenvalue weighted by Gasteiger charge is -2.55. The van der Waals surface area contributed by atoms with Gasteiger partial charge in [-0.15, -0.1) is 0 Å². The molecule has 2 rings (SSSR count). The van der Waals surface area contributed by atoms with E-state index in [-0.39, 0.29) is 6.04 Å². The summed E-state index contributed by atoms with van der Waals surface area (Å²) in [5, 5.41) is 9.21. The SMILES string of the molecule is C[C@H]1[C@H](c2ccccc2)[C@H](C#N)[N+]1(C)C.O=S(=O)([O-])C(F)(F)F. The van der Waals surface area contributed by atoms with Crippen LogP contribution in [0.2, 0.25) is 0 Å². The van der Waals surface area contributed by atoms with E-state index in [1.807, 2.05) is 6.07 Å². The molecule has 5 nitrogen and oxygen atoms in total. The first-order valence-corrected chi connectivity index (χ1v) is 8.05. The molecule has 0 bridgehead atoms. The minimum Gasteiger partial charge on any atom is -0.741 e. The van der Waals surface area contributed by atoms with E-state index in [1.165, 1.54) is 5.56 Å². The molecule has 0 aromatic heterocycles. The third kappa shape index (κ3) is 4.02. The Kier molecular flexibility index (Phi) is 5.46. The van der Waals surface area contributed by atoms with Gasteiger partial charge in [-0.2, -0.15) is 18.4 Å². The van der Waals surface area contributed by atoms with E-state index in [4.69, 9.17) is 13.0 Å². The number of quaternary nitrogens is 1. The third-order valence-electron chi connectivity index (χ3n) is 4.23. The number of likely N-dealkylation sites (tertiary alicyclic amines) is 1. The number of nitrogens with zero attached hydrogens (tertiary/aromatic N) is 2. The third-order valence-corrected chi connectivity index (χ3v) is 4.79. The Hall–Kier alpha value is -1.63. The normalized spacial score (nSPS) is 26.3. The van der Waals surface area contributed by atoms with Crippen molar-refractivity contribution >= 4 is 10.1 Å². The van der Waals surface area contributed by atoms with Gasteiger partial charge < -0.3 is 9.04 Å². The summed E-state index contributed by atoms with van der Waals surface area (Å²) >= 11 is 0. The quantitative estimate of drug-likeness (QED) is 0.442. The van der Waals surface area contributed by atoms with Crippen molar-refractivity contribution in [3.05, 3.63) is 35.9 Å². The highest BCUT2D eigenvalue weighted by atomic mass is 32.2. The Morgan fingerprint density at radius 1 is 1.22 bits per heavy atom. The molecule has 0 aliphatic carbocycles. The predicted octanol–water partition coefficient (Wildman–Crippen LogP) is 2.19. The first kappa shape index (κ1) is 19.4. The monoisotopic (exact) mass is 350 g/mol. The molecule has 0 saturated carbocycles. The Morgan fingerprint density at radius 3 is 2.00 bits per heavy atom. The minimum atomic E-state index is -6.09. The Bertz CT molecular complexity index is 681. The molecule has 0 amide bonds. The molecule has 1 aromatic carbocycles. The van der Waals surface area contributed by atoms with Gasteiger partial charge in [0.25, 0.3) is 0 Å². The summed E-state index contributed by atoms with van der Waals surface area (Å²) in [6.45, 7) is 2.23. The molecule has 9 heteroatoms. The molecule has 1 aliphatic heterocycles. The van der Waals surface area contributed by atoms with Crippen LogP contribution < -0.4 is 0 Å². The van der Waals surface area contributed by atoms with Gasteiger partial charge in [-0.3, -0.25) is 0 Å². The molecule has 1 saturated heterocycles. The van der Waals surface area contributed by atoms with E-state index in [1.54, 1.807) is 0 Å². The highest BCUT2D eigenvalue weighted by Gasteiger charge is 2.56. The van der Waals surface area contributed by atoms with Crippen molar-refractivity contribution in [2.75, 3.05) is 14.1 Å². The number of benzene rings is 1. The number of nitriles is 1. The lowest BCUT2D eigenvalue weighted by molar-refractivity contribution is -0.975. The van der Waals surface area contributed by atoms with Gasteiger partial charge in [-0.1, -0.05) is 30.3 Å². The minimum absolute atomic E-state index is 0.0994. The van der Waals surface area contributed by atoms with Crippen LogP contribution in [0.3, 0.4) is 0 Å². The summed E-state index contributed by atoms with van der Waals surface area (Å²) in [6, 6.07) is 13.4. The molecule has 0 radical (unpaired) electrons. The van der Waals surface area contributed by atoms with Crippen LogP contribution in [-0.4, -0.2) is 49.1 Å². The number of rotatable bonds is 1. The largest absolute Gasteiger partial charge is 0.741 e. The predicted molar refractivity (Wildman–Crippen MR) is 75.9 cm³/mol. The lowest BCUT2D eigenvalue weighted by atomic mass is 9.74. The molecule has 0 N–H and O–H groups in total. The van der Waals surface area contributed by atoms with E-state index in [0.29, 0.717) is 12.0 Å². The summed E-state index contributed by atoms with van der Waals surface area (Å²) in [7, 11) is -1.82. The smallest absolute Gasteiger partial charge is 0.485 e. The highest BCUT2D eigenvalue weighted by molar-refractivity contribution is 7.86. The van der Waals surface area contributed by atoms with Gasteiger partial charge in [0.15, 0.2) is 16.2 Å². The number of halogens is 3. The molecular formula is C14H17F3N2O3S. The van der Waals surface area contributed by atoms with Gasteiger partial charge in [-0.05, 0) is 12.5 Å². The fourth-order valence-corrected chi connectivity index (χ4v) is 2.61. The molecule has 3 atom stereocenters. The van der Waals surface area contributed by atoms with E-state index >= 15 is 0 Å². The van der Waals surface area contributed by atoms with E-state index in [9.17, 15) is 18.4 Å². The standard InChI is InChI=1S/C13H17N2.CHF3O3S/c1-10-13(11-7-5-4-6-8-11)12(9-14)15(10,2)3;2-1(3,4)8(5,6)7/h4-8,10,12-13H,1-3H3;(H,5,6,7)/q+1;/p-1/t10-,12-,13+;/m0./s1. The summed E-state index contributed by atoms with van der Waals surface area (Å²) in [5.74, 6) is 0.395. The van der Waals surface area contributed by atoms with Crippen LogP contribution in [0.15, 0.2) is 30.3 Å². The molecule has 1 heterocycles. The van der Waals surface area contributed by atoms with Crippen molar-refractivity contribution < 1.29 is 30.6 Å². The van der Waals surface area contributed by atoms with Crippen molar-refractivity contribution in [1.29, 1.82) is 5.26 Å². The van der Waals surface area contributed by atoms with Crippen LogP contribution in [0.4, 0.5) is 13.2 Å².